The van der Waals surface area contributed by atoms with E-state index < -0.39 is 33.4 Å². The first-order valence-electron chi connectivity index (χ1n) is 10.5. The lowest BCUT2D eigenvalue weighted by atomic mass is 9.77. The number of halogens is 3. The van der Waals surface area contributed by atoms with Crippen molar-refractivity contribution >= 4 is 21.6 Å². The van der Waals surface area contributed by atoms with Crippen LogP contribution in [0.15, 0.2) is 18.2 Å². The Morgan fingerprint density at radius 1 is 1.31 bits per heavy atom. The van der Waals surface area contributed by atoms with E-state index in [0.29, 0.717) is 45.3 Å². The highest BCUT2D eigenvalue weighted by Gasteiger charge is 2.49. The summed E-state index contributed by atoms with van der Waals surface area (Å²) in [5.74, 6) is -0.223. The zero-order valence-electron chi connectivity index (χ0n) is 18.1. The van der Waals surface area contributed by atoms with Crippen molar-refractivity contribution in [3.8, 4) is 6.07 Å². The molecule has 3 rings (SSSR count). The van der Waals surface area contributed by atoms with Crippen molar-refractivity contribution in [1.29, 1.82) is 5.26 Å². The van der Waals surface area contributed by atoms with Crippen LogP contribution in [0.2, 0.25) is 0 Å². The molecule has 0 aromatic heterocycles. The summed E-state index contributed by atoms with van der Waals surface area (Å²) in [6.07, 6.45) is -2.68. The second kappa shape index (κ2) is 8.90. The fourth-order valence-corrected chi connectivity index (χ4v) is 6.27. The van der Waals surface area contributed by atoms with Crippen LogP contribution in [0.3, 0.4) is 0 Å². The van der Waals surface area contributed by atoms with Crippen LogP contribution in [0.5, 0.6) is 0 Å². The van der Waals surface area contributed by atoms with Gasteiger partial charge in [0.05, 0.1) is 22.9 Å². The van der Waals surface area contributed by atoms with Crippen LogP contribution in [0.25, 0.3) is 0 Å². The Morgan fingerprint density at radius 2 is 1.97 bits per heavy atom. The molecule has 11 heteroatoms. The molecule has 1 aromatic rings. The molecule has 1 atom stereocenters. The van der Waals surface area contributed by atoms with Gasteiger partial charge in [0.15, 0.2) is 0 Å². The number of nitrogens with zero attached hydrogens (tertiary/aromatic N) is 3. The lowest BCUT2D eigenvalue weighted by molar-refractivity contribution is -0.137. The molecule has 2 fully saturated rings. The average Bonchev–Trinajstić information content (AvgIpc) is 3.11. The second-order valence-corrected chi connectivity index (χ2v) is 10.6. The molecule has 7 nitrogen and oxygen atoms in total. The first kappa shape index (κ1) is 24.3. The van der Waals surface area contributed by atoms with Crippen molar-refractivity contribution in [3.63, 3.8) is 0 Å². The number of piperidine rings is 1. The predicted molar refractivity (Wildman–Crippen MR) is 113 cm³/mol. The number of likely N-dealkylation sites (N-methyl/N-ethyl adjacent to an activating group) is 1. The normalized spacial score (nSPS) is 21.5. The molecule has 0 saturated carbocycles. The number of rotatable bonds is 5. The summed E-state index contributed by atoms with van der Waals surface area (Å²) in [5.41, 5.74) is -1.65. The molecule has 0 radical (unpaired) electrons. The van der Waals surface area contributed by atoms with Gasteiger partial charge in [-0.05, 0) is 49.3 Å². The van der Waals surface area contributed by atoms with Crippen molar-refractivity contribution in [1.82, 2.24) is 9.62 Å². The van der Waals surface area contributed by atoms with Crippen molar-refractivity contribution in [2.24, 2.45) is 5.41 Å². The van der Waals surface area contributed by atoms with Crippen LogP contribution < -0.4 is 10.2 Å². The number of carbonyl (C=O) groups is 1. The largest absolute Gasteiger partial charge is 0.417 e. The second-order valence-electron chi connectivity index (χ2n) is 8.52. The summed E-state index contributed by atoms with van der Waals surface area (Å²) in [4.78, 5) is 14.3. The Bertz CT molecular complexity index is 1010. The number of nitrogens with one attached hydrogen (secondary N) is 1. The highest BCUT2D eigenvalue weighted by atomic mass is 32.2. The Balaban J connectivity index is 1.90. The number of sulfonamides is 1. The maximum Gasteiger partial charge on any atom is 0.417 e. The molecule has 1 unspecified atom stereocenters. The van der Waals surface area contributed by atoms with E-state index in [0.717, 1.165) is 12.1 Å². The van der Waals surface area contributed by atoms with Gasteiger partial charge in [0.1, 0.15) is 6.04 Å². The summed E-state index contributed by atoms with van der Waals surface area (Å²) in [7, 11) is -1.85. The van der Waals surface area contributed by atoms with Gasteiger partial charge in [-0.2, -0.15) is 18.4 Å². The first-order valence-corrected chi connectivity index (χ1v) is 12.1. The van der Waals surface area contributed by atoms with Gasteiger partial charge in [-0.25, -0.2) is 12.7 Å². The SMILES string of the molecule is CCCS(=O)(=O)N1CCC2(CC1)CC(C(=O)NC)N(c1ccc(C#N)c(C(F)(F)F)c1)C2. The number of anilines is 1. The van der Waals surface area contributed by atoms with Crippen molar-refractivity contribution in [2.45, 2.75) is 44.8 Å². The molecule has 176 valence electrons. The molecule has 1 spiro atoms. The van der Waals surface area contributed by atoms with Gasteiger partial charge in [0.25, 0.3) is 0 Å². The number of alkyl halides is 3. The standard InChI is InChI=1S/C21H27F3N4O3S/c1-3-10-32(30,31)27-8-6-20(7-9-27)12-18(19(29)26-2)28(14-20)16-5-4-15(13-25)17(11-16)21(22,23)24/h4-5,11,18H,3,6-10,12,14H2,1-2H3,(H,26,29). The molecular formula is C21H27F3N4O3S. The quantitative estimate of drug-likeness (QED) is 0.711. The molecule has 1 N–H and O–H groups in total. The van der Waals surface area contributed by atoms with E-state index in [1.165, 1.54) is 17.4 Å². The summed E-state index contributed by atoms with van der Waals surface area (Å²) in [6, 6.07) is 4.39. The first-order chi connectivity index (χ1) is 15.0. The third-order valence-corrected chi connectivity index (χ3v) is 8.53. The van der Waals surface area contributed by atoms with E-state index in [1.54, 1.807) is 17.9 Å². The molecule has 2 aliphatic heterocycles. The molecule has 1 aromatic carbocycles. The van der Waals surface area contributed by atoms with Gasteiger partial charge >= 0.3 is 6.18 Å². The molecular weight excluding hydrogens is 445 g/mol. The summed E-state index contributed by atoms with van der Waals surface area (Å²) in [5, 5.41) is 11.6. The monoisotopic (exact) mass is 472 g/mol. The lowest BCUT2D eigenvalue weighted by Crippen LogP contribution is -2.45. The number of carbonyl (C=O) groups excluding carboxylic acids is 1. The van der Waals surface area contributed by atoms with Crippen molar-refractivity contribution in [2.75, 3.05) is 37.3 Å². The molecule has 2 saturated heterocycles. The van der Waals surface area contributed by atoms with E-state index in [4.69, 9.17) is 5.26 Å². The number of nitriles is 1. The minimum atomic E-state index is -4.69. The molecule has 2 heterocycles. The lowest BCUT2D eigenvalue weighted by Gasteiger charge is -2.38. The Morgan fingerprint density at radius 3 is 2.50 bits per heavy atom. The van der Waals surface area contributed by atoms with Gasteiger partial charge in [-0.3, -0.25) is 4.79 Å². The maximum absolute atomic E-state index is 13.5. The van der Waals surface area contributed by atoms with E-state index in [2.05, 4.69) is 5.32 Å². The number of hydrogen-bond donors (Lipinski definition) is 1. The van der Waals surface area contributed by atoms with Crippen LogP contribution in [0, 0.1) is 16.7 Å². The van der Waals surface area contributed by atoms with Gasteiger partial charge in [0.2, 0.25) is 15.9 Å². The minimum Gasteiger partial charge on any atom is -0.359 e. The van der Waals surface area contributed by atoms with Crippen molar-refractivity contribution in [3.05, 3.63) is 29.3 Å². The van der Waals surface area contributed by atoms with E-state index in [9.17, 15) is 26.4 Å². The van der Waals surface area contributed by atoms with Crippen LogP contribution in [-0.2, 0) is 21.0 Å². The third-order valence-electron chi connectivity index (χ3n) is 6.46. The summed E-state index contributed by atoms with van der Waals surface area (Å²) < 4.78 is 66.7. The van der Waals surface area contributed by atoms with Gasteiger partial charge in [0, 0.05) is 32.4 Å². The Labute approximate surface area is 186 Å². The topological polar surface area (TPSA) is 93.5 Å². The molecule has 0 bridgehead atoms. The van der Waals surface area contributed by atoms with Gasteiger partial charge in [-0.15, -0.1) is 0 Å². The van der Waals surface area contributed by atoms with Crippen LogP contribution >= 0.6 is 0 Å². The van der Waals surface area contributed by atoms with Crippen LogP contribution in [0.4, 0.5) is 18.9 Å². The van der Waals surface area contributed by atoms with E-state index in [1.807, 2.05) is 0 Å². The maximum atomic E-state index is 13.5. The highest BCUT2D eigenvalue weighted by Crippen LogP contribution is 2.46. The smallest absolute Gasteiger partial charge is 0.359 e. The Hall–Kier alpha value is -2.32. The molecule has 32 heavy (non-hydrogen) atoms. The summed E-state index contributed by atoms with van der Waals surface area (Å²) >= 11 is 0. The zero-order chi connectivity index (χ0) is 23.7. The number of amides is 1. The van der Waals surface area contributed by atoms with Crippen molar-refractivity contribution < 1.29 is 26.4 Å². The fourth-order valence-electron chi connectivity index (χ4n) is 4.76. The minimum absolute atomic E-state index is 0.0818. The molecule has 0 aliphatic carbocycles. The number of benzene rings is 1. The fraction of sp³-hybridized carbons (Fsp3) is 0.619. The zero-order valence-corrected chi connectivity index (χ0v) is 18.9. The number of hydrogen-bond acceptors (Lipinski definition) is 5. The Kier molecular flexibility index (Phi) is 6.77. The van der Waals surface area contributed by atoms with Gasteiger partial charge < -0.3 is 10.2 Å². The third kappa shape index (κ3) is 4.71. The van der Waals surface area contributed by atoms with Crippen LogP contribution in [-0.4, -0.2) is 57.1 Å². The van der Waals surface area contributed by atoms with Crippen LogP contribution in [0.1, 0.15) is 43.7 Å². The van der Waals surface area contributed by atoms with E-state index >= 15 is 0 Å². The predicted octanol–water partition coefficient (Wildman–Crippen LogP) is 2.72. The summed E-state index contributed by atoms with van der Waals surface area (Å²) in [6.45, 7) is 2.81. The molecule has 1 amide bonds. The molecule has 2 aliphatic rings. The van der Waals surface area contributed by atoms with Gasteiger partial charge in [-0.1, -0.05) is 6.92 Å². The highest BCUT2D eigenvalue weighted by molar-refractivity contribution is 7.89. The van der Waals surface area contributed by atoms with E-state index in [-0.39, 0.29) is 22.8 Å². The average molecular weight is 473 g/mol.